The summed E-state index contributed by atoms with van der Waals surface area (Å²) < 4.78 is 12.8. The Morgan fingerprint density at radius 3 is 2.39 bits per heavy atom. The molecule has 18 heavy (non-hydrogen) atoms. The first-order valence-corrected chi connectivity index (χ1v) is 6.33. The van der Waals surface area contributed by atoms with Gasteiger partial charge < -0.3 is 5.73 Å². The summed E-state index contributed by atoms with van der Waals surface area (Å²) in [6.07, 6.45) is 0. The molecular formula is C13H10ClFN2S. The molecule has 0 fully saturated rings. The number of rotatable bonds is 3. The van der Waals surface area contributed by atoms with Crippen molar-refractivity contribution in [3.05, 3.63) is 58.9 Å². The number of benzene rings is 2. The van der Waals surface area contributed by atoms with Crippen LogP contribution >= 0.6 is 23.4 Å². The van der Waals surface area contributed by atoms with Crippen LogP contribution in [0.3, 0.4) is 0 Å². The summed E-state index contributed by atoms with van der Waals surface area (Å²) in [5, 5.41) is 7.84. The Morgan fingerprint density at radius 2 is 1.83 bits per heavy atom. The van der Waals surface area contributed by atoms with Gasteiger partial charge in [-0.3, -0.25) is 5.41 Å². The van der Waals surface area contributed by atoms with Gasteiger partial charge in [0.2, 0.25) is 0 Å². The summed E-state index contributed by atoms with van der Waals surface area (Å²) in [4.78, 5) is 1.74. The largest absolute Gasteiger partial charge is 0.384 e. The van der Waals surface area contributed by atoms with E-state index < -0.39 is 0 Å². The molecule has 0 saturated heterocycles. The topological polar surface area (TPSA) is 49.9 Å². The van der Waals surface area contributed by atoms with Crippen LogP contribution < -0.4 is 5.73 Å². The smallest absolute Gasteiger partial charge is 0.123 e. The van der Waals surface area contributed by atoms with E-state index in [9.17, 15) is 4.39 Å². The molecule has 5 heteroatoms. The lowest BCUT2D eigenvalue weighted by molar-refractivity contribution is 0.626. The normalized spacial score (nSPS) is 10.3. The first kappa shape index (κ1) is 12.9. The highest BCUT2D eigenvalue weighted by Gasteiger charge is 2.05. The zero-order valence-corrected chi connectivity index (χ0v) is 10.9. The van der Waals surface area contributed by atoms with Crippen molar-refractivity contribution in [3.63, 3.8) is 0 Å². The Kier molecular flexibility index (Phi) is 3.89. The third-order valence-corrected chi connectivity index (χ3v) is 3.79. The maximum absolute atomic E-state index is 12.8. The third kappa shape index (κ3) is 3.03. The Bertz CT molecular complexity index is 584. The van der Waals surface area contributed by atoms with E-state index in [1.54, 1.807) is 30.3 Å². The lowest BCUT2D eigenvalue weighted by Gasteiger charge is -2.06. The van der Waals surface area contributed by atoms with E-state index in [0.717, 1.165) is 9.79 Å². The molecule has 0 spiro atoms. The maximum atomic E-state index is 12.8. The molecule has 0 aliphatic rings. The van der Waals surface area contributed by atoms with Gasteiger partial charge in [0.25, 0.3) is 0 Å². The number of nitrogens with two attached hydrogens (primary N) is 1. The number of hydrogen-bond donors (Lipinski definition) is 2. The van der Waals surface area contributed by atoms with E-state index in [1.807, 2.05) is 0 Å². The molecule has 3 N–H and O–H groups in total. The van der Waals surface area contributed by atoms with Crippen LogP contribution in [-0.2, 0) is 0 Å². The Labute approximate surface area is 113 Å². The van der Waals surface area contributed by atoms with Crippen LogP contribution in [-0.4, -0.2) is 5.84 Å². The van der Waals surface area contributed by atoms with Crippen LogP contribution in [0.1, 0.15) is 5.56 Å². The molecule has 0 aromatic heterocycles. The first-order chi connectivity index (χ1) is 8.56. The second kappa shape index (κ2) is 5.42. The number of nitrogen functional groups attached to an aromatic ring is 1. The van der Waals surface area contributed by atoms with Crippen LogP contribution in [0.15, 0.2) is 52.3 Å². The van der Waals surface area contributed by atoms with Crippen molar-refractivity contribution in [2.45, 2.75) is 9.79 Å². The molecule has 2 aromatic carbocycles. The molecular weight excluding hydrogens is 271 g/mol. The van der Waals surface area contributed by atoms with Crippen LogP contribution in [0.2, 0.25) is 5.02 Å². The van der Waals surface area contributed by atoms with Gasteiger partial charge in [-0.1, -0.05) is 29.4 Å². The summed E-state index contributed by atoms with van der Waals surface area (Å²) in [6, 6.07) is 11.4. The van der Waals surface area contributed by atoms with Gasteiger partial charge in [0, 0.05) is 15.4 Å². The number of nitrogens with one attached hydrogen (secondary N) is 1. The van der Waals surface area contributed by atoms with Crippen molar-refractivity contribution < 1.29 is 4.39 Å². The van der Waals surface area contributed by atoms with Gasteiger partial charge in [-0.05, 0) is 36.4 Å². The number of amidine groups is 1. The highest BCUT2D eigenvalue weighted by Crippen LogP contribution is 2.33. The molecule has 0 aliphatic carbocycles. The second-order valence-electron chi connectivity index (χ2n) is 3.61. The zero-order valence-electron chi connectivity index (χ0n) is 9.28. The quantitative estimate of drug-likeness (QED) is 0.661. The van der Waals surface area contributed by atoms with Crippen LogP contribution in [0.25, 0.3) is 0 Å². The van der Waals surface area contributed by atoms with Crippen molar-refractivity contribution in [1.82, 2.24) is 0 Å². The highest BCUT2D eigenvalue weighted by molar-refractivity contribution is 7.99. The van der Waals surface area contributed by atoms with Gasteiger partial charge in [0.15, 0.2) is 0 Å². The summed E-state index contributed by atoms with van der Waals surface area (Å²) in [7, 11) is 0. The number of hydrogen-bond acceptors (Lipinski definition) is 2. The predicted molar refractivity (Wildman–Crippen MR) is 73.0 cm³/mol. The fraction of sp³-hybridized carbons (Fsp3) is 0. The van der Waals surface area contributed by atoms with Crippen LogP contribution in [0.4, 0.5) is 4.39 Å². The SMILES string of the molecule is N=C(N)c1ccc(Sc2ccc(F)cc2)c(Cl)c1. The van der Waals surface area contributed by atoms with Crippen molar-refractivity contribution in [1.29, 1.82) is 5.41 Å². The molecule has 2 aromatic rings. The van der Waals surface area contributed by atoms with Gasteiger partial charge in [0.05, 0.1) is 5.02 Å². The van der Waals surface area contributed by atoms with Crippen LogP contribution in [0.5, 0.6) is 0 Å². The molecule has 0 heterocycles. The van der Waals surface area contributed by atoms with Crippen molar-refractivity contribution in [3.8, 4) is 0 Å². The van der Waals surface area contributed by atoms with E-state index >= 15 is 0 Å². The Hall–Kier alpha value is -1.52. The maximum Gasteiger partial charge on any atom is 0.123 e. The minimum atomic E-state index is -0.266. The van der Waals surface area contributed by atoms with E-state index in [4.69, 9.17) is 22.7 Å². The van der Waals surface area contributed by atoms with E-state index in [-0.39, 0.29) is 11.7 Å². The average Bonchev–Trinajstić information content (AvgIpc) is 2.34. The molecule has 2 rings (SSSR count). The average molecular weight is 281 g/mol. The summed E-state index contributed by atoms with van der Waals surface area (Å²) in [6.45, 7) is 0. The van der Waals surface area contributed by atoms with Crippen molar-refractivity contribution in [2.75, 3.05) is 0 Å². The molecule has 0 bridgehead atoms. The second-order valence-corrected chi connectivity index (χ2v) is 5.14. The van der Waals surface area contributed by atoms with Gasteiger partial charge in [-0.2, -0.15) is 0 Å². The van der Waals surface area contributed by atoms with E-state index in [2.05, 4.69) is 0 Å². The first-order valence-electron chi connectivity index (χ1n) is 5.13. The molecule has 2 nitrogen and oxygen atoms in total. The third-order valence-electron chi connectivity index (χ3n) is 2.28. The lowest BCUT2D eigenvalue weighted by atomic mass is 10.2. The van der Waals surface area contributed by atoms with E-state index in [0.29, 0.717) is 10.6 Å². The molecule has 0 unspecified atom stereocenters. The van der Waals surface area contributed by atoms with E-state index in [1.165, 1.54) is 23.9 Å². The highest BCUT2D eigenvalue weighted by atomic mass is 35.5. The monoisotopic (exact) mass is 280 g/mol. The summed E-state index contributed by atoms with van der Waals surface area (Å²) in [5.41, 5.74) is 5.96. The standard InChI is InChI=1S/C13H10ClFN2S/c14-11-7-8(13(16)17)1-6-12(11)18-10-4-2-9(15)3-5-10/h1-7H,(H3,16,17). The molecule has 0 saturated carbocycles. The lowest BCUT2D eigenvalue weighted by Crippen LogP contribution is -2.10. The van der Waals surface area contributed by atoms with Gasteiger partial charge in [-0.15, -0.1) is 0 Å². The Morgan fingerprint density at radius 1 is 1.17 bits per heavy atom. The number of halogens is 2. The minimum absolute atomic E-state index is 0.0183. The molecule has 0 atom stereocenters. The predicted octanol–water partition coefficient (Wildman–Crippen LogP) is 3.91. The summed E-state index contributed by atoms with van der Waals surface area (Å²) in [5.74, 6) is -0.285. The van der Waals surface area contributed by atoms with Crippen molar-refractivity contribution in [2.24, 2.45) is 5.73 Å². The van der Waals surface area contributed by atoms with Gasteiger partial charge in [0.1, 0.15) is 11.7 Å². The molecule has 92 valence electrons. The Balaban J connectivity index is 2.24. The molecule has 0 aliphatic heterocycles. The van der Waals surface area contributed by atoms with Gasteiger partial charge >= 0.3 is 0 Å². The molecule has 0 radical (unpaired) electrons. The fourth-order valence-electron chi connectivity index (χ4n) is 1.38. The zero-order chi connectivity index (χ0) is 13.1. The molecule has 0 amide bonds. The van der Waals surface area contributed by atoms with Crippen LogP contribution in [0, 0.1) is 11.2 Å². The summed E-state index contributed by atoms with van der Waals surface area (Å²) >= 11 is 7.54. The fourth-order valence-corrected chi connectivity index (χ4v) is 2.50. The van der Waals surface area contributed by atoms with Crippen molar-refractivity contribution >= 4 is 29.2 Å². The van der Waals surface area contributed by atoms with Gasteiger partial charge in [-0.25, -0.2) is 4.39 Å². The minimum Gasteiger partial charge on any atom is -0.384 e.